The number of ether oxygens (including phenoxy) is 2. The lowest BCUT2D eigenvalue weighted by Crippen LogP contribution is -2.17. The number of aromatic nitrogens is 1. The number of ketones is 2. The Balaban J connectivity index is 2.04. The maximum absolute atomic E-state index is 12.5. The van der Waals surface area contributed by atoms with Crippen LogP contribution in [-0.4, -0.2) is 48.8 Å². The van der Waals surface area contributed by atoms with Gasteiger partial charge in [0.25, 0.3) is 0 Å². The Morgan fingerprint density at radius 3 is 2.83 bits per heavy atom. The molecular weight excluding hydrogens is 322 g/mol. The van der Waals surface area contributed by atoms with Crippen molar-refractivity contribution in [3.63, 3.8) is 0 Å². The summed E-state index contributed by atoms with van der Waals surface area (Å²) in [4.78, 5) is 36.4. The highest BCUT2D eigenvalue weighted by Crippen LogP contribution is 2.31. The second kappa shape index (κ2) is 8.07. The van der Waals surface area contributed by atoms with E-state index in [0.29, 0.717) is 19.0 Å². The molecule has 8 heteroatoms. The van der Waals surface area contributed by atoms with E-state index in [4.69, 9.17) is 9.26 Å². The van der Waals surface area contributed by atoms with Crippen LogP contribution in [0.25, 0.3) is 0 Å². The van der Waals surface area contributed by atoms with Crippen LogP contribution in [0.2, 0.25) is 0 Å². The van der Waals surface area contributed by atoms with E-state index in [1.54, 1.807) is 0 Å². The predicted molar refractivity (Wildman–Crippen MR) is 82.8 cm³/mol. The van der Waals surface area contributed by atoms with Gasteiger partial charge in [-0.3, -0.25) is 9.59 Å². The Hall–Kier alpha value is -1.93. The monoisotopic (exact) mass is 339 g/mol. The maximum Gasteiger partial charge on any atom is 0.361 e. The zero-order valence-corrected chi connectivity index (χ0v) is 13.7. The number of carbonyl (C=O) groups is 3. The van der Waals surface area contributed by atoms with Crippen molar-refractivity contribution in [1.29, 1.82) is 0 Å². The minimum atomic E-state index is -0.806. The summed E-state index contributed by atoms with van der Waals surface area (Å²) in [5.41, 5.74) is -0.371. The van der Waals surface area contributed by atoms with Crippen molar-refractivity contribution in [2.45, 2.75) is 19.8 Å². The number of hydrogen-bond acceptors (Lipinski definition) is 8. The number of unbranched alkanes of at least 4 members (excludes halogenated alkanes) is 1. The normalized spacial score (nSPS) is 13.7. The molecule has 0 atom stereocenters. The topological polar surface area (TPSA) is 95.7 Å². The van der Waals surface area contributed by atoms with Crippen LogP contribution < -0.4 is 0 Å². The van der Waals surface area contributed by atoms with Crippen LogP contribution in [0, 0.1) is 0 Å². The van der Waals surface area contributed by atoms with E-state index in [1.807, 2.05) is 6.92 Å². The van der Waals surface area contributed by atoms with Crippen molar-refractivity contribution >= 4 is 29.3 Å². The van der Waals surface area contributed by atoms with E-state index in [1.165, 1.54) is 24.9 Å². The van der Waals surface area contributed by atoms with Crippen molar-refractivity contribution in [2.24, 2.45) is 0 Å². The SMILES string of the molecule is CCOCCCCSC1=CC(=O)c2onc(C(=O)OC)c2C1=O. The fourth-order valence-electron chi connectivity index (χ4n) is 2.02. The van der Waals surface area contributed by atoms with Crippen LogP contribution in [0.1, 0.15) is 51.2 Å². The summed E-state index contributed by atoms with van der Waals surface area (Å²) in [6.45, 7) is 3.28. The number of allylic oxidation sites excluding steroid dienone is 2. The first-order chi connectivity index (χ1) is 11.1. The van der Waals surface area contributed by atoms with Crippen LogP contribution >= 0.6 is 11.8 Å². The third-order valence-corrected chi connectivity index (χ3v) is 4.26. The molecule has 1 aromatic heterocycles. The Morgan fingerprint density at radius 2 is 2.13 bits per heavy atom. The molecule has 1 aromatic rings. The average Bonchev–Trinajstić information content (AvgIpc) is 3.00. The van der Waals surface area contributed by atoms with Gasteiger partial charge in [-0.25, -0.2) is 4.79 Å². The number of fused-ring (bicyclic) bond motifs is 1. The number of carbonyl (C=O) groups excluding carboxylic acids is 3. The predicted octanol–water partition coefficient (Wildman–Crippen LogP) is 2.27. The zero-order valence-electron chi connectivity index (χ0n) is 12.9. The van der Waals surface area contributed by atoms with Crippen LogP contribution in [0.4, 0.5) is 0 Å². The van der Waals surface area contributed by atoms with Crippen molar-refractivity contribution in [3.8, 4) is 0 Å². The number of esters is 1. The molecule has 7 nitrogen and oxygen atoms in total. The molecule has 1 aliphatic carbocycles. The molecule has 0 fully saturated rings. The minimum absolute atomic E-state index is 0.110. The Labute approximate surface area is 137 Å². The zero-order chi connectivity index (χ0) is 16.8. The van der Waals surface area contributed by atoms with E-state index < -0.39 is 17.5 Å². The van der Waals surface area contributed by atoms with Crippen LogP contribution in [0.3, 0.4) is 0 Å². The van der Waals surface area contributed by atoms with E-state index in [0.717, 1.165) is 12.8 Å². The molecule has 0 bridgehead atoms. The number of hydrogen-bond donors (Lipinski definition) is 0. The van der Waals surface area contributed by atoms with Crippen LogP contribution in [0.5, 0.6) is 0 Å². The second-order valence-corrected chi connectivity index (χ2v) is 5.82. The van der Waals surface area contributed by atoms with Gasteiger partial charge in [-0.05, 0) is 25.5 Å². The molecule has 0 radical (unpaired) electrons. The molecule has 0 saturated heterocycles. The van der Waals surface area contributed by atoms with Crippen LogP contribution in [-0.2, 0) is 9.47 Å². The lowest BCUT2D eigenvalue weighted by molar-refractivity contribution is 0.0586. The molecule has 1 heterocycles. The number of thioether (sulfide) groups is 1. The molecule has 0 N–H and O–H groups in total. The third-order valence-electron chi connectivity index (χ3n) is 3.15. The highest BCUT2D eigenvalue weighted by molar-refractivity contribution is 8.04. The molecule has 23 heavy (non-hydrogen) atoms. The summed E-state index contributed by atoms with van der Waals surface area (Å²) < 4.78 is 14.6. The van der Waals surface area contributed by atoms with Gasteiger partial charge >= 0.3 is 5.97 Å². The number of rotatable bonds is 8. The largest absolute Gasteiger partial charge is 0.464 e. The fourth-order valence-corrected chi connectivity index (χ4v) is 3.01. The summed E-state index contributed by atoms with van der Waals surface area (Å²) in [7, 11) is 1.17. The van der Waals surface area contributed by atoms with E-state index in [2.05, 4.69) is 9.89 Å². The first kappa shape index (κ1) is 17.4. The summed E-state index contributed by atoms with van der Waals surface area (Å²) >= 11 is 1.28. The molecule has 124 valence electrons. The van der Waals surface area contributed by atoms with Gasteiger partial charge in [-0.1, -0.05) is 5.16 Å². The van der Waals surface area contributed by atoms with Crippen LogP contribution in [0.15, 0.2) is 15.5 Å². The third kappa shape index (κ3) is 3.89. The van der Waals surface area contributed by atoms with E-state index >= 15 is 0 Å². The van der Waals surface area contributed by atoms with E-state index in [-0.39, 0.29) is 21.9 Å². The smallest absolute Gasteiger partial charge is 0.361 e. The van der Waals surface area contributed by atoms with Gasteiger partial charge in [-0.2, -0.15) is 0 Å². The second-order valence-electron chi connectivity index (χ2n) is 4.68. The average molecular weight is 339 g/mol. The summed E-state index contributed by atoms with van der Waals surface area (Å²) in [6, 6.07) is 0. The van der Waals surface area contributed by atoms with Gasteiger partial charge in [0.2, 0.25) is 23.0 Å². The van der Waals surface area contributed by atoms with Crippen molar-refractivity contribution in [2.75, 3.05) is 26.1 Å². The molecule has 1 aliphatic rings. The van der Waals surface area contributed by atoms with Gasteiger partial charge in [0.1, 0.15) is 5.56 Å². The minimum Gasteiger partial charge on any atom is -0.464 e. The molecule has 0 amide bonds. The molecule has 2 rings (SSSR count). The maximum atomic E-state index is 12.5. The highest BCUT2D eigenvalue weighted by atomic mass is 32.2. The van der Waals surface area contributed by atoms with Gasteiger partial charge < -0.3 is 14.0 Å². The molecule has 0 saturated carbocycles. The van der Waals surface area contributed by atoms with Crippen molar-refractivity contribution in [3.05, 3.63) is 28.0 Å². The number of nitrogens with zero attached hydrogens (tertiary/aromatic N) is 1. The quantitative estimate of drug-likeness (QED) is 0.526. The first-order valence-electron chi connectivity index (χ1n) is 7.19. The molecule has 0 spiro atoms. The Bertz CT molecular complexity index is 648. The summed E-state index contributed by atoms with van der Waals surface area (Å²) in [6.07, 6.45) is 2.95. The number of methoxy groups -OCH3 is 1. The van der Waals surface area contributed by atoms with E-state index in [9.17, 15) is 14.4 Å². The summed E-state index contributed by atoms with van der Waals surface area (Å²) in [5, 5.41) is 3.48. The van der Waals surface area contributed by atoms with Gasteiger partial charge in [0.05, 0.1) is 12.0 Å². The fraction of sp³-hybridized carbons (Fsp3) is 0.467. The molecule has 0 unspecified atom stereocenters. The lowest BCUT2D eigenvalue weighted by Gasteiger charge is -2.10. The Morgan fingerprint density at radius 1 is 1.35 bits per heavy atom. The summed E-state index contributed by atoms with van der Waals surface area (Å²) in [5.74, 6) is -1.25. The van der Waals surface area contributed by atoms with Crippen molar-refractivity contribution < 1.29 is 28.4 Å². The van der Waals surface area contributed by atoms with Gasteiger partial charge in [-0.15, -0.1) is 11.8 Å². The number of Topliss-reactive ketones (excluding diaryl/α,β-unsaturated/α-hetero) is 1. The lowest BCUT2D eigenvalue weighted by atomic mass is 10.00. The Kier molecular flexibility index (Phi) is 6.12. The first-order valence-corrected chi connectivity index (χ1v) is 8.18. The van der Waals surface area contributed by atoms with Gasteiger partial charge in [0.15, 0.2) is 0 Å². The van der Waals surface area contributed by atoms with Crippen molar-refractivity contribution in [1.82, 2.24) is 5.16 Å². The standard InChI is InChI=1S/C15H17NO6S/c1-3-21-6-4-5-7-23-10-8-9(17)14-11(13(10)18)12(16-22-14)15(19)20-2/h8H,3-7H2,1-2H3. The molecule has 0 aliphatic heterocycles. The molecule has 0 aromatic carbocycles. The molecular formula is C15H17NO6S. The van der Waals surface area contributed by atoms with Gasteiger partial charge in [0, 0.05) is 19.3 Å². The highest BCUT2D eigenvalue weighted by Gasteiger charge is 2.36.